The highest BCUT2D eigenvalue weighted by Crippen LogP contribution is 2.42. The molecular formula is C95H133N9O30. The van der Waals surface area contributed by atoms with E-state index in [9.17, 15) is 26.2 Å². The van der Waals surface area contributed by atoms with Crippen molar-refractivity contribution in [2.75, 3.05) is 102 Å². The Kier molecular flexibility index (Phi) is 47.9. The lowest BCUT2D eigenvalue weighted by Gasteiger charge is -2.51. The maximum atomic E-state index is 15.3. The van der Waals surface area contributed by atoms with Crippen molar-refractivity contribution in [3.63, 3.8) is 0 Å². The highest BCUT2D eigenvalue weighted by Gasteiger charge is 2.60. The molecule has 9 rings (SSSR count). The van der Waals surface area contributed by atoms with E-state index >= 15 is 9.59 Å². The Labute approximate surface area is 782 Å². The van der Waals surface area contributed by atoms with Gasteiger partial charge in [-0.05, 0) is 139 Å². The Balaban J connectivity index is 1.20. The second-order valence-electron chi connectivity index (χ2n) is 32.2. The van der Waals surface area contributed by atoms with Crippen LogP contribution < -0.4 is 14.2 Å². The van der Waals surface area contributed by atoms with Crippen molar-refractivity contribution >= 4 is 24.1 Å². The fourth-order valence-corrected chi connectivity index (χ4v) is 15.4. The second kappa shape index (κ2) is 59.4. The number of carbonyl (C=O) groups excluding carboxylic acids is 4. The molecule has 0 saturated carbocycles. The van der Waals surface area contributed by atoms with E-state index in [1.54, 1.807) is 111 Å². The van der Waals surface area contributed by atoms with E-state index in [0.29, 0.717) is 92.6 Å². The molecule has 5 aromatic rings. The van der Waals surface area contributed by atoms with Crippen LogP contribution in [0.25, 0.3) is 31.3 Å². The number of carbonyl (C=O) groups is 4. The number of ether oxygens (including phenoxy) is 26. The van der Waals surface area contributed by atoms with Gasteiger partial charge in [-0.3, -0.25) is 0 Å². The number of rotatable bonds is 60. The first kappa shape index (κ1) is 108. The molecule has 14 unspecified atom stereocenters. The predicted octanol–water partition coefficient (Wildman–Crippen LogP) is 15.7. The van der Waals surface area contributed by atoms with Gasteiger partial charge in [0.2, 0.25) is 6.29 Å². The third kappa shape index (κ3) is 32.0. The Morgan fingerprint density at radius 1 is 0.388 bits per heavy atom. The third-order valence-corrected chi connectivity index (χ3v) is 22.7. The van der Waals surface area contributed by atoms with Crippen LogP contribution in [0.1, 0.15) is 163 Å². The van der Waals surface area contributed by atoms with Crippen LogP contribution in [0, 0.1) is 0 Å². The van der Waals surface area contributed by atoms with Gasteiger partial charge in [0.25, 0.3) is 0 Å². The second-order valence-corrected chi connectivity index (χ2v) is 32.2. The number of nitrogens with zero attached hydrogens (tertiary/aromatic N) is 9. The monoisotopic (exact) mass is 1880 g/mol. The van der Waals surface area contributed by atoms with E-state index < -0.39 is 185 Å². The van der Waals surface area contributed by atoms with Crippen LogP contribution in [0.15, 0.2) is 149 Å². The molecule has 39 nitrogen and oxygen atoms in total. The number of methoxy groups -OCH3 is 6. The largest absolute Gasteiger partial charge is 0.510 e. The molecule has 24 atom stereocenters. The summed E-state index contributed by atoms with van der Waals surface area (Å²) >= 11 is 0. The van der Waals surface area contributed by atoms with Crippen molar-refractivity contribution in [3.8, 4) is 17.2 Å². The average Bonchev–Trinajstić information content (AvgIpc) is 0.758. The molecule has 0 radical (unpaired) electrons. The smallest absolute Gasteiger partial charge is 0.497 e. The zero-order valence-electron chi connectivity index (χ0n) is 78.8. The van der Waals surface area contributed by atoms with E-state index in [0.717, 1.165) is 25.5 Å². The van der Waals surface area contributed by atoms with Crippen LogP contribution in [0.2, 0.25) is 0 Å². The predicted molar refractivity (Wildman–Crippen MR) is 482 cm³/mol. The number of esters is 3. The normalized spacial score (nSPS) is 25.9. The quantitative estimate of drug-likeness (QED) is 0.00663. The summed E-state index contributed by atoms with van der Waals surface area (Å²) in [6.07, 6.45) is -26.1. The molecule has 134 heavy (non-hydrogen) atoms. The minimum atomic E-state index is -2.19. The maximum Gasteiger partial charge on any atom is 0.510 e. The molecule has 0 aromatic heterocycles. The zero-order chi connectivity index (χ0) is 95.9. The fraction of sp³-hybridized carbons (Fsp3) is 0.642. The van der Waals surface area contributed by atoms with Crippen LogP contribution in [0.5, 0.6) is 17.2 Å². The van der Waals surface area contributed by atoms with Crippen LogP contribution in [-0.2, 0) is 134 Å². The summed E-state index contributed by atoms with van der Waals surface area (Å²) in [5.74, 6) is -1.01. The van der Waals surface area contributed by atoms with Gasteiger partial charge in [0.15, 0.2) is 37.4 Å². The maximum absolute atomic E-state index is 15.3. The molecule has 0 N–H and O–H groups in total. The molecule has 0 bridgehead atoms. The van der Waals surface area contributed by atoms with Crippen molar-refractivity contribution in [2.45, 2.75) is 293 Å². The van der Waals surface area contributed by atoms with E-state index in [4.69, 9.17) is 123 Å². The standard InChI is InChI=1S/C95H133N9O30/c1-14-20-48-117-75(86(129-88(106)65-34-30-27-31-35-65)94(134-95(108)114-13)131-78-71(59-124-87(105)64-32-28-26-29-33-64)126-90(113-12)72(99-102-96)80(78)120-51-23-17-4)60(7)125-91-74(101-104-98)81(123-56-63-40-46-68(111-10)47-41-63)77(70(128-91)58-116-55-62-38-44-67(110-9)45-39-62)130-93-85(122-53-25-19-6)82(121-52-24-18-5)83(84(133-93)89(107)112-11)132-92-73(100-103-97)79(119-50-22-16-3)76(118-49-21-15-2)69(127-92)57-115-54-61-36-42-66(109-8)43-37-61/h26-47,60,69-86,90-94H,14-25,48-59H2,1-13H3/t60-,69?,70?,71?,72?,73?,74?,75?,76+,77+,78+,79?,80?,81?,82?,83-,84?,85?,86?,90-,91+,92+,93+,94+/m0/s1. The molecular weight excluding hydrogens is 1750 g/mol. The molecule has 4 heterocycles. The summed E-state index contributed by atoms with van der Waals surface area (Å²) in [5.41, 5.74) is 34.3. The highest BCUT2D eigenvalue weighted by atomic mass is 16.8. The number of hydrogen-bond donors (Lipinski definition) is 0. The molecule has 0 amide bonds. The molecule has 0 aliphatic carbocycles. The minimum Gasteiger partial charge on any atom is -0.497 e. The minimum absolute atomic E-state index is 0.00505. The summed E-state index contributed by atoms with van der Waals surface area (Å²) in [6.45, 7) is 12.6. The molecule has 4 fully saturated rings. The molecule has 0 spiro atoms. The molecule has 39 heteroatoms. The Hall–Kier alpha value is -9.61. The Morgan fingerprint density at radius 3 is 1.29 bits per heavy atom. The first-order valence-electron chi connectivity index (χ1n) is 46.0. The van der Waals surface area contributed by atoms with Gasteiger partial charge in [0, 0.05) is 61.5 Å². The van der Waals surface area contributed by atoms with Gasteiger partial charge >= 0.3 is 24.1 Å². The van der Waals surface area contributed by atoms with Crippen molar-refractivity contribution in [1.29, 1.82) is 0 Å². The summed E-state index contributed by atoms with van der Waals surface area (Å²) < 4.78 is 170. The van der Waals surface area contributed by atoms with Crippen LogP contribution in [0.3, 0.4) is 0 Å². The van der Waals surface area contributed by atoms with Crippen LogP contribution in [0.4, 0.5) is 4.79 Å². The van der Waals surface area contributed by atoms with Crippen LogP contribution >= 0.6 is 0 Å². The summed E-state index contributed by atoms with van der Waals surface area (Å²) in [4.78, 5) is 68.6. The van der Waals surface area contributed by atoms with Gasteiger partial charge in [0.1, 0.15) is 109 Å². The first-order valence-corrected chi connectivity index (χ1v) is 46.0. The fourth-order valence-electron chi connectivity index (χ4n) is 15.4. The van der Waals surface area contributed by atoms with Gasteiger partial charge in [-0.15, -0.1) is 0 Å². The zero-order valence-corrected chi connectivity index (χ0v) is 78.8. The SMILES string of the molecule is CCCCOC1C(OCCCC)[C@H](O[C@H]2OC(COCc3ccc(OC)cc3)[C@@H](OCCCC)C(OCCCC)C2N=[N+]=[N-])C(C(=O)OC)O[C@H]1O[C@@H]1C(COCc2ccc(OC)cc2)O[C@@H](O[C@@H](C)C(OCCCC)C(OC(=O)c2ccccc2)[C@@H](OC(=O)OC)O[C@@H]2C(COC(=O)c3ccccc3)O[C@H](OC)C(N=[N+]=[N-])C2OCCCC)C(N=[N+]=[N-])C1OCc1ccc(OC)cc1. The van der Waals surface area contributed by atoms with E-state index in [1.807, 2.05) is 65.8 Å². The lowest BCUT2D eigenvalue weighted by molar-refractivity contribution is -0.374. The number of azide groups is 3. The number of hydrogen-bond acceptors (Lipinski definition) is 33. The lowest BCUT2D eigenvalue weighted by atomic mass is 9.94. The topological polar surface area (TPSA) is 455 Å². The van der Waals surface area contributed by atoms with Crippen molar-refractivity contribution in [3.05, 3.63) is 193 Å². The molecule has 738 valence electrons. The highest BCUT2D eigenvalue weighted by molar-refractivity contribution is 5.90. The van der Waals surface area contributed by atoms with E-state index in [-0.39, 0.29) is 77.2 Å². The third-order valence-electron chi connectivity index (χ3n) is 22.7. The van der Waals surface area contributed by atoms with E-state index in [1.165, 1.54) is 40.4 Å². The number of unbranched alkanes of at least 4 members (excludes halogenated alkanes) is 6. The van der Waals surface area contributed by atoms with Gasteiger partial charge in [-0.25, -0.2) is 19.2 Å². The first-order chi connectivity index (χ1) is 65.4. The summed E-state index contributed by atoms with van der Waals surface area (Å²) in [7, 11) is 8.16. The Morgan fingerprint density at radius 2 is 0.806 bits per heavy atom. The Bertz CT molecular complexity index is 4360. The molecule has 5 aromatic carbocycles. The van der Waals surface area contributed by atoms with Gasteiger partial charge in [0.05, 0.1) is 98.0 Å². The van der Waals surface area contributed by atoms with Gasteiger partial charge < -0.3 is 123 Å². The summed E-state index contributed by atoms with van der Waals surface area (Å²) in [6, 6.07) is 33.1. The lowest BCUT2D eigenvalue weighted by Crippen LogP contribution is -2.68. The van der Waals surface area contributed by atoms with Crippen molar-refractivity contribution in [2.24, 2.45) is 15.3 Å². The average molecular weight is 1880 g/mol. The van der Waals surface area contributed by atoms with Crippen molar-refractivity contribution < 1.29 is 142 Å². The van der Waals surface area contributed by atoms with Crippen LogP contribution in [-0.4, -0.2) is 273 Å². The molecule has 4 saturated heterocycles. The van der Waals surface area contributed by atoms with Crippen molar-refractivity contribution in [1.82, 2.24) is 0 Å². The molecule has 4 aliphatic heterocycles. The number of benzene rings is 5. The van der Waals surface area contributed by atoms with Gasteiger partial charge in [-0.2, -0.15) is 0 Å². The van der Waals surface area contributed by atoms with Gasteiger partial charge in [-0.1, -0.05) is 168 Å². The van der Waals surface area contributed by atoms with E-state index in [2.05, 4.69) is 30.1 Å². The summed E-state index contributed by atoms with van der Waals surface area (Å²) in [5, 5.41) is 12.9. The molecule has 4 aliphatic rings.